The van der Waals surface area contributed by atoms with Crippen LogP contribution in [-0.4, -0.2) is 49.2 Å². The number of rotatable bonds is 4. The van der Waals surface area contributed by atoms with Crippen LogP contribution in [0.4, 0.5) is 5.00 Å². The van der Waals surface area contributed by atoms with E-state index in [4.69, 9.17) is 4.74 Å². The van der Waals surface area contributed by atoms with Crippen LogP contribution in [0.5, 0.6) is 0 Å². The smallest absolute Gasteiger partial charge is 0.324 e. The number of nitrogens with one attached hydrogen (secondary N) is 1. The summed E-state index contributed by atoms with van der Waals surface area (Å²) in [5, 5.41) is 14.6. The first-order valence-electron chi connectivity index (χ1n) is 7.52. The molecule has 1 aromatic rings. The second-order valence-corrected chi connectivity index (χ2v) is 6.71. The third-order valence-corrected chi connectivity index (χ3v) is 5.45. The Balaban J connectivity index is 0.00000132. The second-order valence-electron chi connectivity index (χ2n) is 5.61. The third-order valence-electron chi connectivity index (χ3n) is 4.34. The number of thiophene rings is 1. The number of halogens is 2. The fourth-order valence-corrected chi connectivity index (χ4v) is 4.35. The van der Waals surface area contributed by atoms with Gasteiger partial charge in [-0.1, -0.05) is 11.3 Å². The summed E-state index contributed by atoms with van der Waals surface area (Å²) in [5.41, 5.74) is 0. The van der Waals surface area contributed by atoms with Crippen molar-refractivity contribution in [1.29, 1.82) is 0 Å². The Hall–Kier alpha value is -0.440. The van der Waals surface area contributed by atoms with Gasteiger partial charge in [-0.15, -0.1) is 24.8 Å². The molecule has 132 valence electrons. The summed E-state index contributed by atoms with van der Waals surface area (Å²) in [6, 6.07) is 3.90. The Morgan fingerprint density at radius 3 is 2.48 bits per heavy atom. The summed E-state index contributed by atoms with van der Waals surface area (Å²) in [6.45, 7) is 5.61. The van der Waals surface area contributed by atoms with Crippen LogP contribution in [0.3, 0.4) is 0 Å². The van der Waals surface area contributed by atoms with Crippen molar-refractivity contribution in [2.45, 2.75) is 18.9 Å². The van der Waals surface area contributed by atoms with Crippen LogP contribution >= 0.6 is 36.2 Å². The molecule has 1 N–H and O–H groups in total. The van der Waals surface area contributed by atoms with E-state index in [1.165, 1.54) is 11.3 Å². The lowest BCUT2D eigenvalue weighted by atomic mass is 9.89. The number of ether oxygens (including phenoxy) is 1. The third kappa shape index (κ3) is 5.01. The summed E-state index contributed by atoms with van der Waals surface area (Å²) in [6.07, 6.45) is 2.08. The molecule has 0 aromatic carbocycles. The predicted molar refractivity (Wildman–Crippen MR) is 96.2 cm³/mol. The average Bonchev–Trinajstić information content (AvgIpc) is 3.00. The van der Waals surface area contributed by atoms with E-state index in [2.05, 4.69) is 10.2 Å². The number of hydrogen-bond donors (Lipinski definition) is 1. The highest BCUT2D eigenvalue weighted by atomic mass is 35.5. The van der Waals surface area contributed by atoms with Crippen LogP contribution in [-0.2, 0) is 4.74 Å². The monoisotopic (exact) mass is 383 g/mol. The van der Waals surface area contributed by atoms with Crippen molar-refractivity contribution in [2.24, 2.45) is 5.92 Å². The molecule has 6 nitrogen and oxygen atoms in total. The molecule has 0 amide bonds. The van der Waals surface area contributed by atoms with Gasteiger partial charge in [0, 0.05) is 56.4 Å². The van der Waals surface area contributed by atoms with Crippen molar-refractivity contribution in [3.63, 3.8) is 0 Å². The predicted octanol–water partition coefficient (Wildman–Crippen LogP) is 2.87. The molecule has 3 rings (SSSR count). The Kier molecular flexibility index (Phi) is 8.74. The van der Waals surface area contributed by atoms with Gasteiger partial charge in [0.2, 0.25) is 0 Å². The fourth-order valence-electron chi connectivity index (χ4n) is 3.30. The molecule has 23 heavy (non-hydrogen) atoms. The summed E-state index contributed by atoms with van der Waals surface area (Å²) in [4.78, 5) is 14.3. The minimum absolute atomic E-state index is 0. The fraction of sp³-hybridized carbons (Fsp3) is 0.714. The standard InChI is InChI=1S/C14H21N3O3S.2ClH/c18-17(19)13-2-1-12(21-13)14(11-3-9-20-10-4-11)16-7-5-15-6-8-16;;/h1-2,11,14-15H,3-10H2;2*1H/t14-;;/m0../s1. The topological polar surface area (TPSA) is 67.6 Å². The van der Waals surface area contributed by atoms with Crippen LogP contribution in [0.25, 0.3) is 0 Å². The lowest BCUT2D eigenvalue weighted by molar-refractivity contribution is -0.380. The molecule has 2 fully saturated rings. The molecule has 0 saturated carbocycles. The highest BCUT2D eigenvalue weighted by Crippen LogP contribution is 2.40. The van der Waals surface area contributed by atoms with E-state index in [0.29, 0.717) is 12.0 Å². The Morgan fingerprint density at radius 2 is 1.91 bits per heavy atom. The number of nitrogens with zero attached hydrogens (tertiary/aromatic N) is 2. The lowest BCUT2D eigenvalue weighted by Gasteiger charge is -2.40. The van der Waals surface area contributed by atoms with Gasteiger partial charge in [-0.2, -0.15) is 0 Å². The van der Waals surface area contributed by atoms with E-state index in [1.54, 1.807) is 6.07 Å². The van der Waals surface area contributed by atoms with Crippen molar-refractivity contribution in [2.75, 3.05) is 39.4 Å². The molecule has 0 unspecified atom stereocenters. The minimum atomic E-state index is -0.285. The SMILES string of the molecule is Cl.Cl.O=[N+]([O-])c1ccc([C@H](C2CCOCC2)N2CCNCC2)s1. The van der Waals surface area contributed by atoms with Gasteiger partial charge in [0.05, 0.1) is 4.92 Å². The van der Waals surface area contributed by atoms with E-state index in [9.17, 15) is 10.1 Å². The van der Waals surface area contributed by atoms with Crippen LogP contribution in [0, 0.1) is 16.0 Å². The Morgan fingerprint density at radius 1 is 1.26 bits per heavy atom. The maximum atomic E-state index is 11.0. The van der Waals surface area contributed by atoms with Crippen LogP contribution in [0.15, 0.2) is 12.1 Å². The zero-order valence-electron chi connectivity index (χ0n) is 12.8. The maximum absolute atomic E-state index is 11.0. The minimum Gasteiger partial charge on any atom is -0.381 e. The molecule has 9 heteroatoms. The first-order valence-corrected chi connectivity index (χ1v) is 8.34. The molecule has 0 aliphatic carbocycles. The normalized spacial score (nSPS) is 21.0. The lowest BCUT2D eigenvalue weighted by Crippen LogP contribution is -2.47. The molecule has 3 heterocycles. The molecular weight excluding hydrogens is 361 g/mol. The van der Waals surface area contributed by atoms with E-state index >= 15 is 0 Å². The van der Waals surface area contributed by atoms with Crippen molar-refractivity contribution >= 4 is 41.2 Å². The molecule has 0 spiro atoms. The van der Waals surface area contributed by atoms with Crippen molar-refractivity contribution < 1.29 is 9.66 Å². The molecular formula is C14H23Cl2N3O3S. The van der Waals surface area contributed by atoms with Crippen LogP contribution in [0.2, 0.25) is 0 Å². The van der Waals surface area contributed by atoms with Gasteiger partial charge in [-0.3, -0.25) is 15.0 Å². The molecule has 0 radical (unpaired) electrons. The number of nitro groups is 1. The maximum Gasteiger partial charge on any atom is 0.324 e. The largest absolute Gasteiger partial charge is 0.381 e. The quantitative estimate of drug-likeness (QED) is 0.639. The summed E-state index contributed by atoms with van der Waals surface area (Å²) < 4.78 is 5.48. The molecule has 2 aliphatic heterocycles. The Labute approximate surface area is 152 Å². The van der Waals surface area contributed by atoms with E-state index < -0.39 is 0 Å². The van der Waals surface area contributed by atoms with Gasteiger partial charge in [-0.25, -0.2) is 0 Å². The summed E-state index contributed by atoms with van der Waals surface area (Å²) in [7, 11) is 0. The van der Waals surface area contributed by atoms with E-state index in [1.807, 2.05) is 6.07 Å². The van der Waals surface area contributed by atoms with Gasteiger partial charge in [0.1, 0.15) is 0 Å². The number of piperazine rings is 1. The van der Waals surface area contributed by atoms with Gasteiger partial charge < -0.3 is 10.1 Å². The van der Waals surface area contributed by atoms with Crippen molar-refractivity contribution in [3.8, 4) is 0 Å². The zero-order valence-corrected chi connectivity index (χ0v) is 15.3. The van der Waals surface area contributed by atoms with Gasteiger partial charge in [0.15, 0.2) is 0 Å². The van der Waals surface area contributed by atoms with Gasteiger partial charge in [-0.05, 0) is 24.8 Å². The average molecular weight is 384 g/mol. The van der Waals surface area contributed by atoms with Crippen molar-refractivity contribution in [3.05, 3.63) is 27.1 Å². The molecule has 0 bridgehead atoms. The van der Waals surface area contributed by atoms with Gasteiger partial charge in [0.25, 0.3) is 0 Å². The van der Waals surface area contributed by atoms with Gasteiger partial charge >= 0.3 is 5.00 Å². The second kappa shape index (κ2) is 9.76. The van der Waals surface area contributed by atoms with E-state index in [0.717, 1.165) is 57.1 Å². The number of hydrogen-bond acceptors (Lipinski definition) is 6. The zero-order chi connectivity index (χ0) is 14.7. The molecule has 2 saturated heterocycles. The molecule has 1 atom stereocenters. The first kappa shape index (κ1) is 20.6. The van der Waals surface area contributed by atoms with Crippen molar-refractivity contribution in [1.82, 2.24) is 10.2 Å². The van der Waals surface area contributed by atoms with Crippen LogP contribution in [0.1, 0.15) is 23.8 Å². The molecule has 1 aromatic heterocycles. The highest BCUT2D eigenvalue weighted by molar-refractivity contribution is 7.15. The highest BCUT2D eigenvalue weighted by Gasteiger charge is 2.33. The Bertz CT molecular complexity index is 473. The van der Waals surface area contributed by atoms with E-state index in [-0.39, 0.29) is 34.7 Å². The van der Waals surface area contributed by atoms with Crippen LogP contribution < -0.4 is 5.32 Å². The molecule has 2 aliphatic rings. The summed E-state index contributed by atoms with van der Waals surface area (Å²) in [5.74, 6) is 0.537. The first-order chi connectivity index (χ1) is 10.3. The summed E-state index contributed by atoms with van der Waals surface area (Å²) >= 11 is 1.33.